The molecule has 1 aliphatic rings. The van der Waals surface area contributed by atoms with Crippen LogP contribution < -0.4 is 11.1 Å². The summed E-state index contributed by atoms with van der Waals surface area (Å²) in [5.41, 5.74) is 6.91. The number of carbonyl (C=O) groups is 1. The number of carbonyl (C=O) groups excluding carboxylic acids is 1. The Morgan fingerprint density at radius 2 is 1.95 bits per heavy atom. The molecule has 0 saturated heterocycles. The number of rotatable bonds is 4. The van der Waals surface area contributed by atoms with Crippen molar-refractivity contribution >= 4 is 17.5 Å². The molecule has 1 fully saturated rings. The Bertz CT molecular complexity index is 436. The molecule has 1 atom stereocenters. The largest absolute Gasteiger partial charge is 0.354 e. The molecule has 2 rings (SSSR count). The number of amides is 1. The molecule has 0 aliphatic heterocycles. The summed E-state index contributed by atoms with van der Waals surface area (Å²) in [6, 6.07) is 7.54. The molecule has 4 heteroatoms. The quantitative estimate of drug-likeness (QED) is 0.891. The highest BCUT2D eigenvalue weighted by Crippen LogP contribution is 2.40. The number of hydrogen-bond donors (Lipinski definition) is 2. The minimum atomic E-state index is -0.455. The summed E-state index contributed by atoms with van der Waals surface area (Å²) in [6.45, 7) is 2.37. The van der Waals surface area contributed by atoms with Crippen LogP contribution in [0.4, 0.5) is 0 Å². The van der Waals surface area contributed by atoms with Gasteiger partial charge in [0, 0.05) is 17.0 Å². The van der Waals surface area contributed by atoms with Crippen LogP contribution in [0.25, 0.3) is 0 Å². The maximum Gasteiger partial charge on any atom is 0.236 e. The molecule has 1 aromatic carbocycles. The van der Waals surface area contributed by atoms with Crippen LogP contribution in [0.5, 0.6) is 0 Å². The number of benzene rings is 1. The molecule has 0 unspecified atom stereocenters. The van der Waals surface area contributed by atoms with Gasteiger partial charge in [-0.3, -0.25) is 4.79 Å². The molecule has 0 aromatic heterocycles. The van der Waals surface area contributed by atoms with Gasteiger partial charge in [-0.15, -0.1) is 0 Å². The number of nitrogens with two attached hydrogens (primary N) is 1. The molecule has 1 aliphatic carbocycles. The maximum absolute atomic E-state index is 11.7. The third-order valence-electron chi connectivity index (χ3n) is 4.03. The Morgan fingerprint density at radius 3 is 2.47 bits per heavy atom. The third kappa shape index (κ3) is 3.28. The van der Waals surface area contributed by atoms with E-state index in [1.807, 2.05) is 12.1 Å². The van der Waals surface area contributed by atoms with E-state index in [4.69, 9.17) is 17.3 Å². The van der Waals surface area contributed by atoms with Crippen molar-refractivity contribution in [2.75, 3.05) is 6.54 Å². The van der Waals surface area contributed by atoms with Gasteiger partial charge in [-0.25, -0.2) is 0 Å². The van der Waals surface area contributed by atoms with Crippen molar-refractivity contribution < 1.29 is 4.79 Å². The van der Waals surface area contributed by atoms with Crippen molar-refractivity contribution in [3.8, 4) is 0 Å². The first-order valence-corrected chi connectivity index (χ1v) is 7.21. The highest BCUT2D eigenvalue weighted by Gasteiger charge is 2.35. The molecule has 1 saturated carbocycles. The number of nitrogens with one attached hydrogen (secondary N) is 1. The molecule has 3 N–H and O–H groups in total. The second-order valence-corrected chi connectivity index (χ2v) is 5.94. The molecule has 0 radical (unpaired) electrons. The van der Waals surface area contributed by atoms with Gasteiger partial charge in [-0.2, -0.15) is 0 Å². The predicted molar refractivity (Wildman–Crippen MR) is 78.3 cm³/mol. The normalized spacial score (nSPS) is 19.1. The number of halogens is 1. The minimum Gasteiger partial charge on any atom is -0.354 e. The summed E-state index contributed by atoms with van der Waals surface area (Å²) < 4.78 is 0. The van der Waals surface area contributed by atoms with Crippen molar-refractivity contribution in [3.63, 3.8) is 0 Å². The zero-order chi connectivity index (χ0) is 13.9. The second-order valence-electron chi connectivity index (χ2n) is 5.50. The smallest absolute Gasteiger partial charge is 0.236 e. The molecule has 3 nitrogen and oxygen atoms in total. The Hall–Kier alpha value is -1.06. The van der Waals surface area contributed by atoms with E-state index in [-0.39, 0.29) is 11.3 Å². The summed E-state index contributed by atoms with van der Waals surface area (Å²) in [4.78, 5) is 11.7. The summed E-state index contributed by atoms with van der Waals surface area (Å²) >= 11 is 5.95. The zero-order valence-corrected chi connectivity index (χ0v) is 12.0. The SMILES string of the molecule is C[C@H](N)C(=O)NCC1(c2ccc(Cl)cc2)CCCC1. The van der Waals surface area contributed by atoms with E-state index in [1.165, 1.54) is 18.4 Å². The Balaban J connectivity index is 2.14. The van der Waals surface area contributed by atoms with Crippen molar-refractivity contribution in [2.24, 2.45) is 5.73 Å². The van der Waals surface area contributed by atoms with E-state index in [9.17, 15) is 4.79 Å². The van der Waals surface area contributed by atoms with Gasteiger partial charge in [0.1, 0.15) is 0 Å². The van der Waals surface area contributed by atoms with Crippen LogP contribution in [-0.4, -0.2) is 18.5 Å². The topological polar surface area (TPSA) is 55.1 Å². The highest BCUT2D eigenvalue weighted by atomic mass is 35.5. The van der Waals surface area contributed by atoms with Crippen molar-refractivity contribution in [2.45, 2.75) is 44.1 Å². The van der Waals surface area contributed by atoms with E-state index in [2.05, 4.69) is 17.4 Å². The monoisotopic (exact) mass is 280 g/mol. The molecular weight excluding hydrogens is 260 g/mol. The lowest BCUT2D eigenvalue weighted by Gasteiger charge is -2.30. The molecular formula is C15H21ClN2O. The van der Waals surface area contributed by atoms with E-state index in [0.29, 0.717) is 6.54 Å². The predicted octanol–water partition coefficient (Wildman–Crippen LogP) is 2.62. The maximum atomic E-state index is 11.7. The Kier molecular flexibility index (Phi) is 4.48. The van der Waals surface area contributed by atoms with E-state index < -0.39 is 6.04 Å². The van der Waals surface area contributed by atoms with Crippen LogP contribution in [-0.2, 0) is 10.2 Å². The van der Waals surface area contributed by atoms with Crippen molar-refractivity contribution in [1.82, 2.24) is 5.32 Å². The summed E-state index contributed by atoms with van der Waals surface area (Å²) in [7, 11) is 0. The molecule has 0 spiro atoms. The fourth-order valence-corrected chi connectivity index (χ4v) is 2.97. The standard InChI is InChI=1S/C15H21ClN2O/c1-11(17)14(19)18-10-15(8-2-3-9-15)12-4-6-13(16)7-5-12/h4-7,11H,2-3,8-10,17H2,1H3,(H,18,19)/t11-/m0/s1. The molecule has 1 aromatic rings. The van der Waals surface area contributed by atoms with Gasteiger partial charge in [0.15, 0.2) is 0 Å². The van der Waals surface area contributed by atoms with Gasteiger partial charge in [-0.05, 0) is 37.5 Å². The summed E-state index contributed by atoms with van der Waals surface area (Å²) in [5, 5.41) is 3.73. The summed E-state index contributed by atoms with van der Waals surface area (Å²) in [6.07, 6.45) is 4.62. The first-order valence-electron chi connectivity index (χ1n) is 6.83. The van der Waals surface area contributed by atoms with Crippen LogP contribution in [0.3, 0.4) is 0 Å². The minimum absolute atomic E-state index is 0.0507. The lowest BCUT2D eigenvalue weighted by molar-refractivity contribution is -0.122. The van der Waals surface area contributed by atoms with Gasteiger partial charge in [-0.1, -0.05) is 36.6 Å². The fourth-order valence-electron chi connectivity index (χ4n) is 2.84. The zero-order valence-electron chi connectivity index (χ0n) is 11.3. The van der Waals surface area contributed by atoms with Gasteiger partial charge in [0.25, 0.3) is 0 Å². The van der Waals surface area contributed by atoms with Crippen LogP contribution >= 0.6 is 11.6 Å². The van der Waals surface area contributed by atoms with Crippen LogP contribution in [0, 0.1) is 0 Å². The van der Waals surface area contributed by atoms with E-state index >= 15 is 0 Å². The molecule has 19 heavy (non-hydrogen) atoms. The third-order valence-corrected chi connectivity index (χ3v) is 4.28. The average molecular weight is 281 g/mol. The molecule has 1 amide bonds. The van der Waals surface area contributed by atoms with Gasteiger partial charge in [0.2, 0.25) is 5.91 Å². The van der Waals surface area contributed by atoms with Crippen LogP contribution in [0.2, 0.25) is 5.02 Å². The molecule has 104 valence electrons. The fraction of sp³-hybridized carbons (Fsp3) is 0.533. The number of hydrogen-bond acceptors (Lipinski definition) is 2. The van der Waals surface area contributed by atoms with Gasteiger partial charge >= 0.3 is 0 Å². The van der Waals surface area contributed by atoms with E-state index in [0.717, 1.165) is 17.9 Å². The first kappa shape index (κ1) is 14.4. The summed E-state index contributed by atoms with van der Waals surface area (Å²) in [5.74, 6) is -0.0831. The lowest BCUT2D eigenvalue weighted by Crippen LogP contribution is -2.45. The van der Waals surface area contributed by atoms with Crippen LogP contribution in [0.15, 0.2) is 24.3 Å². The lowest BCUT2D eigenvalue weighted by atomic mass is 9.79. The van der Waals surface area contributed by atoms with Crippen LogP contribution in [0.1, 0.15) is 38.2 Å². The van der Waals surface area contributed by atoms with Gasteiger partial charge in [0.05, 0.1) is 6.04 Å². The molecule has 0 heterocycles. The first-order chi connectivity index (χ1) is 9.03. The Labute approximate surface area is 119 Å². The Morgan fingerprint density at radius 1 is 1.37 bits per heavy atom. The van der Waals surface area contributed by atoms with E-state index in [1.54, 1.807) is 6.92 Å². The van der Waals surface area contributed by atoms with Gasteiger partial charge < -0.3 is 11.1 Å². The highest BCUT2D eigenvalue weighted by molar-refractivity contribution is 6.30. The average Bonchev–Trinajstić information content (AvgIpc) is 2.86. The second kappa shape index (κ2) is 5.93. The molecule has 0 bridgehead atoms. The van der Waals surface area contributed by atoms with Crippen molar-refractivity contribution in [1.29, 1.82) is 0 Å². The van der Waals surface area contributed by atoms with Crippen molar-refractivity contribution in [3.05, 3.63) is 34.9 Å².